The molecular weight excluding hydrogens is 270 g/mol. The first-order chi connectivity index (χ1) is 10.3. The fourth-order valence-corrected chi connectivity index (χ4v) is 2.33. The molecule has 21 heavy (non-hydrogen) atoms. The van der Waals surface area contributed by atoms with Crippen LogP contribution >= 0.6 is 0 Å². The summed E-state index contributed by atoms with van der Waals surface area (Å²) in [5.41, 5.74) is 1.53. The van der Waals surface area contributed by atoms with Crippen LogP contribution in [-0.2, 0) is 19.6 Å². The quantitative estimate of drug-likeness (QED) is 0.877. The molecule has 0 spiro atoms. The van der Waals surface area contributed by atoms with E-state index < -0.39 is 0 Å². The third kappa shape index (κ3) is 3.05. The van der Waals surface area contributed by atoms with Gasteiger partial charge in [0.05, 0.1) is 12.8 Å². The Morgan fingerprint density at radius 1 is 1.33 bits per heavy atom. The lowest BCUT2D eigenvalue weighted by Crippen LogP contribution is -2.32. The predicted octanol–water partition coefficient (Wildman–Crippen LogP) is 1.00. The highest BCUT2D eigenvalue weighted by Crippen LogP contribution is 2.19. The maximum absolute atomic E-state index is 12.0. The molecule has 2 aromatic rings. The van der Waals surface area contributed by atoms with E-state index in [-0.39, 0.29) is 12.2 Å². The minimum absolute atomic E-state index is 0.0641. The lowest BCUT2D eigenvalue weighted by atomic mass is 10.1. The summed E-state index contributed by atoms with van der Waals surface area (Å²) in [4.78, 5) is 19.2. The van der Waals surface area contributed by atoms with Gasteiger partial charge in [-0.1, -0.05) is 6.07 Å². The zero-order valence-electron chi connectivity index (χ0n) is 11.8. The molecule has 1 aromatic carbocycles. The van der Waals surface area contributed by atoms with Gasteiger partial charge in [0.15, 0.2) is 0 Å². The highest BCUT2D eigenvalue weighted by atomic mass is 16.5. The smallest absolute Gasteiger partial charge is 0.254 e. The number of aromatic nitrogens is 2. The molecule has 2 N–H and O–H groups in total. The van der Waals surface area contributed by atoms with Gasteiger partial charge in [0.1, 0.15) is 23.9 Å². The van der Waals surface area contributed by atoms with E-state index in [4.69, 9.17) is 9.47 Å². The lowest BCUT2D eigenvalue weighted by molar-refractivity contribution is 0.292. The Kier molecular flexibility index (Phi) is 3.87. The number of ether oxygens (including phenoxy) is 2. The van der Waals surface area contributed by atoms with Crippen molar-refractivity contribution in [3.63, 3.8) is 0 Å². The number of hydrogen-bond donors (Lipinski definition) is 2. The largest absolute Gasteiger partial charge is 0.497 e. The van der Waals surface area contributed by atoms with Crippen LogP contribution in [0.15, 0.2) is 29.1 Å². The number of H-pyrrole nitrogens is 1. The molecule has 0 saturated carbocycles. The number of hydrogen-bond acceptors (Lipinski definition) is 5. The summed E-state index contributed by atoms with van der Waals surface area (Å²) in [5, 5.41) is 3.21. The van der Waals surface area contributed by atoms with E-state index >= 15 is 0 Å². The molecule has 2 heterocycles. The Morgan fingerprint density at radius 2 is 2.19 bits per heavy atom. The summed E-state index contributed by atoms with van der Waals surface area (Å²) in [5.74, 6) is 1.93. The summed E-state index contributed by atoms with van der Waals surface area (Å²) < 4.78 is 10.8. The third-order valence-corrected chi connectivity index (χ3v) is 3.41. The highest BCUT2D eigenvalue weighted by Gasteiger charge is 2.15. The molecule has 6 nitrogen and oxygen atoms in total. The fourth-order valence-electron chi connectivity index (χ4n) is 2.33. The van der Waals surface area contributed by atoms with Crippen molar-refractivity contribution in [3.8, 4) is 11.5 Å². The first-order valence-corrected chi connectivity index (χ1v) is 6.85. The summed E-state index contributed by atoms with van der Waals surface area (Å²) in [6, 6.07) is 7.32. The fraction of sp³-hybridized carbons (Fsp3) is 0.333. The molecule has 0 unspecified atom stereocenters. The van der Waals surface area contributed by atoms with Gasteiger partial charge in [0.2, 0.25) is 0 Å². The van der Waals surface area contributed by atoms with E-state index in [9.17, 15) is 4.79 Å². The van der Waals surface area contributed by atoms with Gasteiger partial charge in [0.25, 0.3) is 5.56 Å². The van der Waals surface area contributed by atoms with Crippen molar-refractivity contribution in [3.05, 3.63) is 51.7 Å². The number of aromatic amines is 1. The molecule has 110 valence electrons. The van der Waals surface area contributed by atoms with Crippen LogP contribution in [0, 0.1) is 0 Å². The normalized spacial score (nSPS) is 13.6. The van der Waals surface area contributed by atoms with Crippen LogP contribution in [0.4, 0.5) is 0 Å². The van der Waals surface area contributed by atoms with Crippen LogP contribution in [-0.4, -0.2) is 23.6 Å². The average molecular weight is 287 g/mol. The van der Waals surface area contributed by atoms with E-state index in [2.05, 4.69) is 15.3 Å². The molecule has 0 amide bonds. The monoisotopic (exact) mass is 287 g/mol. The van der Waals surface area contributed by atoms with Crippen molar-refractivity contribution in [2.24, 2.45) is 0 Å². The molecule has 6 heteroatoms. The first kappa shape index (κ1) is 13.6. The SMILES string of the molecule is COc1cccc(OCc2nc3c(c(=O)[nH]2)CCNC3)c1. The van der Waals surface area contributed by atoms with E-state index in [1.165, 1.54) is 0 Å². The van der Waals surface area contributed by atoms with Crippen LogP contribution in [0.3, 0.4) is 0 Å². The zero-order chi connectivity index (χ0) is 14.7. The van der Waals surface area contributed by atoms with Gasteiger partial charge in [-0.05, 0) is 25.1 Å². The van der Waals surface area contributed by atoms with Crippen molar-refractivity contribution in [2.45, 2.75) is 19.6 Å². The van der Waals surface area contributed by atoms with Crippen LogP contribution in [0.2, 0.25) is 0 Å². The summed E-state index contributed by atoms with van der Waals surface area (Å²) in [6.45, 7) is 1.67. The molecule has 0 atom stereocenters. The second-order valence-corrected chi connectivity index (χ2v) is 4.83. The third-order valence-electron chi connectivity index (χ3n) is 3.41. The lowest BCUT2D eigenvalue weighted by Gasteiger charge is -2.16. The van der Waals surface area contributed by atoms with Gasteiger partial charge in [-0.2, -0.15) is 0 Å². The molecule has 1 aliphatic heterocycles. The maximum atomic E-state index is 12.0. The van der Waals surface area contributed by atoms with E-state index in [0.29, 0.717) is 24.5 Å². The number of methoxy groups -OCH3 is 1. The van der Waals surface area contributed by atoms with Gasteiger partial charge >= 0.3 is 0 Å². The van der Waals surface area contributed by atoms with Crippen LogP contribution in [0.5, 0.6) is 11.5 Å². The summed E-state index contributed by atoms with van der Waals surface area (Å²) in [6.07, 6.45) is 0.717. The Morgan fingerprint density at radius 3 is 3.05 bits per heavy atom. The van der Waals surface area contributed by atoms with Gasteiger partial charge in [-0.15, -0.1) is 0 Å². The molecule has 1 aromatic heterocycles. The molecule has 0 saturated heterocycles. The van der Waals surface area contributed by atoms with Gasteiger partial charge < -0.3 is 19.8 Å². The van der Waals surface area contributed by atoms with E-state index in [1.54, 1.807) is 13.2 Å². The second kappa shape index (κ2) is 5.97. The van der Waals surface area contributed by atoms with Crippen molar-refractivity contribution in [2.75, 3.05) is 13.7 Å². The Balaban J connectivity index is 1.76. The Hall–Kier alpha value is -2.34. The Bertz CT molecular complexity index is 697. The minimum atomic E-state index is -0.0641. The zero-order valence-corrected chi connectivity index (χ0v) is 11.8. The number of nitrogens with zero attached hydrogens (tertiary/aromatic N) is 1. The van der Waals surface area contributed by atoms with Crippen LogP contribution in [0.1, 0.15) is 17.1 Å². The standard InChI is InChI=1S/C15H17N3O3/c1-20-10-3-2-4-11(7-10)21-9-14-17-13-8-16-6-5-12(13)15(19)18-14/h2-4,7,16H,5-6,8-9H2,1H3,(H,17,18,19). The molecule has 1 aliphatic rings. The van der Waals surface area contributed by atoms with Gasteiger partial charge in [-0.3, -0.25) is 4.79 Å². The number of rotatable bonds is 4. The highest BCUT2D eigenvalue weighted by molar-refractivity contribution is 5.32. The minimum Gasteiger partial charge on any atom is -0.497 e. The van der Waals surface area contributed by atoms with Crippen molar-refractivity contribution in [1.82, 2.24) is 15.3 Å². The van der Waals surface area contributed by atoms with Crippen molar-refractivity contribution < 1.29 is 9.47 Å². The molecule has 0 aliphatic carbocycles. The maximum Gasteiger partial charge on any atom is 0.254 e. The molecule has 0 fully saturated rings. The molecule has 3 rings (SSSR count). The van der Waals surface area contributed by atoms with E-state index in [1.807, 2.05) is 18.2 Å². The second-order valence-electron chi connectivity index (χ2n) is 4.83. The van der Waals surface area contributed by atoms with Crippen LogP contribution < -0.4 is 20.3 Å². The Labute approximate surface area is 122 Å². The van der Waals surface area contributed by atoms with Crippen LogP contribution in [0.25, 0.3) is 0 Å². The van der Waals surface area contributed by atoms with Crippen molar-refractivity contribution in [1.29, 1.82) is 0 Å². The van der Waals surface area contributed by atoms with Crippen molar-refractivity contribution >= 4 is 0 Å². The molecule has 0 bridgehead atoms. The number of benzene rings is 1. The first-order valence-electron chi connectivity index (χ1n) is 6.85. The molecule has 0 radical (unpaired) electrons. The van der Waals surface area contributed by atoms with Gasteiger partial charge in [-0.25, -0.2) is 4.98 Å². The number of nitrogens with one attached hydrogen (secondary N) is 2. The summed E-state index contributed by atoms with van der Waals surface area (Å²) in [7, 11) is 1.61. The van der Waals surface area contributed by atoms with E-state index in [0.717, 1.165) is 23.6 Å². The predicted molar refractivity (Wildman–Crippen MR) is 77.6 cm³/mol. The van der Waals surface area contributed by atoms with Gasteiger partial charge in [0, 0.05) is 18.2 Å². The summed E-state index contributed by atoms with van der Waals surface area (Å²) >= 11 is 0. The number of fused-ring (bicyclic) bond motifs is 1. The topological polar surface area (TPSA) is 76.2 Å². The average Bonchev–Trinajstić information content (AvgIpc) is 2.53. The molecular formula is C15H17N3O3.